The van der Waals surface area contributed by atoms with Crippen LogP contribution in [0.4, 0.5) is 36.7 Å². The summed E-state index contributed by atoms with van der Waals surface area (Å²) in [6.45, 7) is 30.7. The van der Waals surface area contributed by atoms with Gasteiger partial charge in [0.25, 0.3) is 0 Å². The van der Waals surface area contributed by atoms with Crippen LogP contribution in [0.1, 0.15) is 199 Å². The molecule has 0 spiro atoms. The third-order valence-electron chi connectivity index (χ3n) is 17.2. The molecular formula is C80H109BBrF4N10O13S. The van der Waals surface area contributed by atoms with E-state index in [0.717, 1.165) is 70.6 Å². The van der Waals surface area contributed by atoms with Gasteiger partial charge in [-0.25, -0.2) is 36.7 Å². The summed E-state index contributed by atoms with van der Waals surface area (Å²) in [6, 6.07) is 25.5. The summed E-state index contributed by atoms with van der Waals surface area (Å²) in [5, 5.41) is 18.0. The van der Waals surface area contributed by atoms with Gasteiger partial charge in [-0.1, -0.05) is 6.92 Å². The van der Waals surface area contributed by atoms with Crippen molar-refractivity contribution in [2.45, 2.75) is 189 Å². The number of hydrogen-bond donors (Lipinski definition) is 3. The van der Waals surface area contributed by atoms with Crippen LogP contribution in [0.25, 0.3) is 22.5 Å². The van der Waals surface area contributed by atoms with Crippen LogP contribution < -0.4 is 5.73 Å². The van der Waals surface area contributed by atoms with E-state index >= 15 is 0 Å². The molecule has 4 fully saturated rings. The van der Waals surface area contributed by atoms with Gasteiger partial charge < -0.3 is 49.4 Å². The molecule has 4 aromatic carbocycles. The first-order valence-corrected chi connectivity index (χ1v) is 37.8. The number of carboxylic acids is 1. The van der Waals surface area contributed by atoms with E-state index in [-0.39, 0.29) is 77.4 Å². The van der Waals surface area contributed by atoms with Crippen molar-refractivity contribution in [2.75, 3.05) is 58.9 Å². The molecule has 6 heterocycles. The van der Waals surface area contributed by atoms with Gasteiger partial charge in [-0.3, -0.25) is 28.5 Å². The van der Waals surface area contributed by atoms with Gasteiger partial charge in [0.15, 0.2) is 11.6 Å². The molecule has 2 aromatic heterocycles. The molecule has 4 aliphatic heterocycles. The summed E-state index contributed by atoms with van der Waals surface area (Å²) in [7, 11) is 8.19. The number of thiol groups is 1. The summed E-state index contributed by atoms with van der Waals surface area (Å²) in [4.78, 5) is 101. The second-order valence-electron chi connectivity index (χ2n) is 30.7. The van der Waals surface area contributed by atoms with E-state index in [4.69, 9.17) is 29.8 Å². The fourth-order valence-corrected chi connectivity index (χ4v) is 12.7. The molecule has 110 heavy (non-hydrogen) atoms. The third-order valence-corrected chi connectivity index (χ3v) is 17.9. The second kappa shape index (κ2) is 43.7. The van der Waals surface area contributed by atoms with E-state index in [0.29, 0.717) is 101 Å². The summed E-state index contributed by atoms with van der Waals surface area (Å²) >= 11 is 6.89. The number of benzene rings is 4. The van der Waals surface area contributed by atoms with Crippen molar-refractivity contribution in [1.29, 1.82) is 0 Å². The topological polar surface area (TPSA) is 281 Å². The van der Waals surface area contributed by atoms with E-state index in [2.05, 4.69) is 56.9 Å². The van der Waals surface area contributed by atoms with Gasteiger partial charge in [-0.05, 0) is 267 Å². The normalized spacial score (nSPS) is 15.0. The van der Waals surface area contributed by atoms with Crippen molar-refractivity contribution in [2.24, 2.45) is 36.0 Å². The van der Waals surface area contributed by atoms with E-state index in [9.17, 15) is 55.9 Å². The number of rotatable bonds is 10. The molecular weight excluding hydrogens is 1510 g/mol. The van der Waals surface area contributed by atoms with Gasteiger partial charge in [0.1, 0.15) is 57.2 Å². The van der Waals surface area contributed by atoms with Gasteiger partial charge in [0, 0.05) is 112 Å². The number of likely N-dealkylation sites (tertiary alicyclic amines) is 4. The number of hydrogen-bond acceptors (Lipinski definition) is 17. The quantitative estimate of drug-likeness (QED) is 0.0287. The van der Waals surface area contributed by atoms with Crippen molar-refractivity contribution in [3.8, 4) is 22.5 Å². The molecule has 1 radical (unpaired) electrons. The Kier molecular flexibility index (Phi) is 37.2. The van der Waals surface area contributed by atoms with E-state index < -0.39 is 34.2 Å². The fourth-order valence-electron chi connectivity index (χ4n) is 11.8. The maximum atomic E-state index is 13.2. The van der Waals surface area contributed by atoms with E-state index in [1.54, 1.807) is 43.9 Å². The van der Waals surface area contributed by atoms with Crippen LogP contribution in [-0.4, -0.2) is 181 Å². The predicted octanol–water partition coefficient (Wildman–Crippen LogP) is 17.0. The Bertz CT molecular complexity index is 3960. The van der Waals surface area contributed by atoms with Crippen LogP contribution in [0.5, 0.6) is 0 Å². The zero-order chi connectivity index (χ0) is 82.6. The molecule has 10 rings (SSSR count). The number of Topliss-reactive ketones (excluding diaryl/α,β-unsaturated/α-hetero) is 3. The van der Waals surface area contributed by atoms with Gasteiger partial charge in [-0.15, -0.1) is 0 Å². The molecule has 601 valence electrons. The number of halogens is 5. The third kappa shape index (κ3) is 32.7. The first-order chi connectivity index (χ1) is 51.4. The Morgan fingerprint density at radius 3 is 1.16 bits per heavy atom. The van der Waals surface area contributed by atoms with Crippen LogP contribution in [0.3, 0.4) is 0 Å². The van der Waals surface area contributed by atoms with Crippen molar-refractivity contribution in [3.05, 3.63) is 153 Å². The van der Waals surface area contributed by atoms with Crippen LogP contribution >= 0.6 is 28.7 Å². The first-order valence-electron chi connectivity index (χ1n) is 36.6. The van der Waals surface area contributed by atoms with Gasteiger partial charge in [0.2, 0.25) is 0 Å². The average molecular weight is 1620 g/mol. The summed E-state index contributed by atoms with van der Waals surface area (Å²) < 4.78 is 80.3. The molecule has 4 aliphatic rings. The molecule has 0 aliphatic carbocycles. The number of piperidine rings is 4. The monoisotopic (exact) mass is 1620 g/mol. The van der Waals surface area contributed by atoms with Gasteiger partial charge in [0.05, 0.1) is 28.2 Å². The van der Waals surface area contributed by atoms with E-state index in [1.165, 1.54) is 79.7 Å². The molecule has 30 heteroatoms. The number of carboxylic acid groups (broad SMARTS) is 1. The Hall–Kier alpha value is -8.77. The molecule has 0 saturated carbocycles. The van der Waals surface area contributed by atoms with Gasteiger partial charge in [-0.2, -0.15) is 10.2 Å². The number of ketones is 3. The van der Waals surface area contributed by atoms with Crippen LogP contribution in [0, 0.1) is 35.1 Å². The Labute approximate surface area is 659 Å². The van der Waals surface area contributed by atoms with Crippen LogP contribution in [-0.2, 0) is 42.6 Å². The van der Waals surface area contributed by atoms with Crippen LogP contribution in [0.2, 0.25) is 0 Å². The molecule has 6 aromatic rings. The summed E-state index contributed by atoms with van der Waals surface area (Å²) in [5.41, 5.74) is 9.40. The Balaban J connectivity index is 0.000000293. The number of amides is 4. The number of aliphatic carboxylic acids is 1. The SMILES string of the molecule is CC(=O)c1ccc(F)cc1.CC(C)(C)OC(=O)N1CCC(C(=O)CC(=O)c2ccc(F)cc2)CC1.CC(C)(C)OC(=O)N1CCC(C(=O)O)CC1.CCN.Cn1nc(-c2ccc(F)cc2)c(Br)c1C1CCN(C(=O)OC(C)(C)C)CC1.Cn1nc(-c2ccc(F)cc2)cc1C1CCN(C(=O)OC(C)(C)C)CC1.[B]=NS. The molecule has 23 nitrogen and oxygen atoms in total. The fraction of sp³-hybridized carbons (Fsp3) is 0.525. The molecule has 0 unspecified atom stereocenters. The number of nitrogens with zero attached hydrogens (tertiary/aromatic N) is 9. The summed E-state index contributed by atoms with van der Waals surface area (Å²) in [5.74, 6) is -2.41. The molecule has 4 amide bonds. The molecule has 4 saturated heterocycles. The van der Waals surface area contributed by atoms with E-state index in [1.807, 2.05) is 113 Å². The van der Waals surface area contributed by atoms with Crippen molar-refractivity contribution < 1.29 is 80.0 Å². The number of carbonyl (C=O) groups is 8. The van der Waals surface area contributed by atoms with Crippen molar-refractivity contribution >= 4 is 84.1 Å². The summed E-state index contributed by atoms with van der Waals surface area (Å²) in [6.07, 6.45) is 4.10. The molecule has 0 atom stereocenters. The Morgan fingerprint density at radius 2 is 0.827 bits per heavy atom. The molecule has 3 N–H and O–H groups in total. The van der Waals surface area contributed by atoms with Crippen molar-refractivity contribution in [3.63, 3.8) is 0 Å². The van der Waals surface area contributed by atoms with Crippen LogP contribution in [0.15, 0.2) is 112 Å². The maximum absolute atomic E-state index is 13.2. The second-order valence-corrected chi connectivity index (χ2v) is 31.8. The number of aromatic nitrogens is 4. The zero-order valence-electron chi connectivity index (χ0n) is 66.2. The number of nitrogens with two attached hydrogens (primary N) is 1. The minimum absolute atomic E-state index is 0.0417. The standard InChI is InChI=1S/C20H25BrFN3O2.C20H26FN3O2.C19H24FNO4.C11H19NO4.C8H7FO.C2H7N.BHNS/c1-20(2,3)27-19(26)25-11-9-14(10-12-25)18-16(21)17(23-24(18)4)13-5-7-15(22)8-6-13;1-20(2,3)26-19(25)24-11-9-15(10-12-24)18-13-17(22-23(18)4)14-5-7-16(21)8-6-14;1-19(2,3)25-18(24)21-10-8-14(9-11-21)17(23)12-16(22)13-4-6-15(20)7-5-13;1-11(2,3)16-10(15)12-6-4-8(5-7-12)9(13)14;1-6(10)7-2-4-8(9)5-3-7;2*1-2-3/h5-8,14H,9-12H2,1-4H3;5-8,13,15H,9-12H2,1-4H3;4-7,14H,8-12H2,1-3H3;8H,4-7H2,1-3H3,(H,13,14);2-5H,1H3;2-3H2,1H3;3H. The predicted molar refractivity (Wildman–Crippen MR) is 422 cm³/mol. The Morgan fingerprint density at radius 1 is 0.518 bits per heavy atom. The van der Waals surface area contributed by atoms with Gasteiger partial charge >= 0.3 is 55.1 Å². The number of aryl methyl sites for hydroxylation is 2. The average Bonchev–Trinajstić information content (AvgIpc) is 1.64. The number of ether oxygens (including phenoxy) is 4. The number of carbonyl (C=O) groups excluding carboxylic acids is 7. The minimum atomic E-state index is -0.774. The van der Waals surface area contributed by atoms with Crippen molar-refractivity contribution in [1.82, 2.24) is 39.2 Å². The molecule has 0 bridgehead atoms. The zero-order valence-corrected chi connectivity index (χ0v) is 68.7. The first kappa shape index (κ1) is 93.6.